The summed E-state index contributed by atoms with van der Waals surface area (Å²) in [6, 6.07) is 33.7. The quantitative estimate of drug-likeness (QED) is 0.0698. The molecule has 0 amide bonds. The highest BCUT2D eigenvalue weighted by Crippen LogP contribution is 2.41. The van der Waals surface area contributed by atoms with E-state index in [1.807, 2.05) is 60.7 Å². The Hall–Kier alpha value is -4.98. The summed E-state index contributed by atoms with van der Waals surface area (Å²) in [4.78, 5) is 2.97. The van der Waals surface area contributed by atoms with Crippen molar-refractivity contribution in [2.75, 3.05) is 19.4 Å². The van der Waals surface area contributed by atoms with Crippen molar-refractivity contribution in [2.24, 2.45) is 5.11 Å². The van der Waals surface area contributed by atoms with Crippen molar-refractivity contribution >= 4 is 20.6 Å². The number of hydrogen-bond donors (Lipinski definition) is 0. The second-order valence-corrected chi connectivity index (χ2v) is 11.3. The third kappa shape index (κ3) is 6.97. The second kappa shape index (κ2) is 12.5. The van der Waals surface area contributed by atoms with Gasteiger partial charge in [-0.1, -0.05) is 53.6 Å². The largest absolute Gasteiger partial charge is 0.493 e. The van der Waals surface area contributed by atoms with Crippen LogP contribution in [0.5, 0.6) is 23.0 Å². The molecule has 9 heteroatoms. The SMILES string of the molecule is CS(=O)(=O)c1ccc(-c2ccc3cc(OCc4ccccc4)ccc3c2Oc2ccc(OCCN=[N+]=[N-])cc2)cc1. The lowest BCUT2D eigenvalue weighted by Crippen LogP contribution is -2.00. The lowest BCUT2D eigenvalue weighted by Gasteiger charge is -2.16. The Balaban J connectivity index is 1.48. The van der Waals surface area contributed by atoms with E-state index in [-0.39, 0.29) is 18.0 Å². The first kappa shape index (κ1) is 27.6. The third-order valence-electron chi connectivity index (χ3n) is 6.35. The zero-order valence-corrected chi connectivity index (χ0v) is 23.1. The molecule has 0 aliphatic heterocycles. The minimum atomic E-state index is -3.32. The molecular weight excluding hydrogens is 538 g/mol. The normalized spacial score (nSPS) is 11.0. The Kier molecular flexibility index (Phi) is 8.39. The van der Waals surface area contributed by atoms with Gasteiger partial charge in [-0.15, -0.1) is 0 Å². The molecule has 0 fully saturated rings. The Morgan fingerprint density at radius 2 is 1.49 bits per heavy atom. The third-order valence-corrected chi connectivity index (χ3v) is 7.48. The van der Waals surface area contributed by atoms with Gasteiger partial charge in [0.1, 0.15) is 29.6 Å². The number of ether oxygens (including phenoxy) is 3. The summed E-state index contributed by atoms with van der Waals surface area (Å²) in [6.07, 6.45) is 1.19. The van der Waals surface area contributed by atoms with Crippen LogP contribution in [0.2, 0.25) is 0 Å². The molecule has 206 valence electrons. The van der Waals surface area contributed by atoms with Crippen LogP contribution in [0.4, 0.5) is 0 Å². The van der Waals surface area contributed by atoms with Gasteiger partial charge in [-0.3, -0.25) is 0 Å². The van der Waals surface area contributed by atoms with E-state index < -0.39 is 9.84 Å². The van der Waals surface area contributed by atoms with Gasteiger partial charge in [0.05, 0.1) is 18.0 Å². The molecular formula is C32H27N3O5S. The zero-order valence-electron chi connectivity index (χ0n) is 22.3. The van der Waals surface area contributed by atoms with Crippen LogP contribution in [-0.2, 0) is 16.4 Å². The van der Waals surface area contributed by atoms with Crippen LogP contribution in [0.25, 0.3) is 32.3 Å². The topological polar surface area (TPSA) is 111 Å². The van der Waals surface area contributed by atoms with Crippen molar-refractivity contribution in [3.63, 3.8) is 0 Å². The van der Waals surface area contributed by atoms with Gasteiger partial charge < -0.3 is 14.2 Å². The smallest absolute Gasteiger partial charge is 0.175 e. The van der Waals surface area contributed by atoms with Crippen LogP contribution in [0.1, 0.15) is 5.56 Å². The molecule has 0 N–H and O–H groups in total. The van der Waals surface area contributed by atoms with E-state index in [1.165, 1.54) is 6.26 Å². The molecule has 8 nitrogen and oxygen atoms in total. The van der Waals surface area contributed by atoms with E-state index in [0.717, 1.165) is 33.2 Å². The molecule has 0 unspecified atom stereocenters. The molecule has 0 atom stereocenters. The Morgan fingerprint density at radius 1 is 0.780 bits per heavy atom. The maximum Gasteiger partial charge on any atom is 0.175 e. The van der Waals surface area contributed by atoms with Crippen LogP contribution in [0, 0.1) is 0 Å². The van der Waals surface area contributed by atoms with Crippen molar-refractivity contribution in [3.05, 3.63) is 125 Å². The first-order chi connectivity index (χ1) is 19.9. The first-order valence-electron chi connectivity index (χ1n) is 12.9. The highest BCUT2D eigenvalue weighted by Gasteiger charge is 2.15. The fourth-order valence-electron chi connectivity index (χ4n) is 4.30. The predicted molar refractivity (Wildman–Crippen MR) is 159 cm³/mol. The van der Waals surface area contributed by atoms with E-state index >= 15 is 0 Å². The van der Waals surface area contributed by atoms with E-state index in [4.69, 9.17) is 19.7 Å². The van der Waals surface area contributed by atoms with E-state index in [0.29, 0.717) is 23.9 Å². The van der Waals surface area contributed by atoms with Crippen molar-refractivity contribution in [3.8, 4) is 34.1 Å². The van der Waals surface area contributed by atoms with E-state index in [2.05, 4.69) is 10.0 Å². The van der Waals surface area contributed by atoms with Gasteiger partial charge in [-0.05, 0) is 82.7 Å². The molecule has 5 aromatic rings. The monoisotopic (exact) mass is 565 g/mol. The Labute approximate surface area is 238 Å². The lowest BCUT2D eigenvalue weighted by molar-refractivity contribution is 0.306. The molecule has 0 heterocycles. The van der Waals surface area contributed by atoms with E-state index in [1.54, 1.807) is 48.5 Å². The molecule has 0 radical (unpaired) electrons. The summed E-state index contributed by atoms with van der Waals surface area (Å²) in [5.74, 6) is 2.58. The number of nitrogens with zero attached hydrogens (tertiary/aromatic N) is 3. The molecule has 5 rings (SSSR count). The predicted octanol–water partition coefficient (Wildman–Crippen LogP) is 7.97. The molecule has 0 aliphatic rings. The highest BCUT2D eigenvalue weighted by molar-refractivity contribution is 7.90. The molecule has 0 spiro atoms. The summed E-state index contributed by atoms with van der Waals surface area (Å²) in [5.41, 5.74) is 11.1. The number of fused-ring (bicyclic) bond motifs is 1. The second-order valence-electron chi connectivity index (χ2n) is 9.27. The van der Waals surface area contributed by atoms with Gasteiger partial charge in [0.25, 0.3) is 0 Å². The van der Waals surface area contributed by atoms with Crippen LogP contribution in [0.3, 0.4) is 0 Å². The lowest BCUT2D eigenvalue weighted by atomic mass is 9.99. The van der Waals surface area contributed by atoms with Gasteiger partial charge in [-0.2, -0.15) is 0 Å². The van der Waals surface area contributed by atoms with E-state index in [9.17, 15) is 8.42 Å². The summed E-state index contributed by atoms with van der Waals surface area (Å²) < 4.78 is 42.1. The molecule has 0 bridgehead atoms. The number of rotatable bonds is 11. The van der Waals surface area contributed by atoms with Gasteiger partial charge >= 0.3 is 0 Å². The summed E-state index contributed by atoms with van der Waals surface area (Å²) in [6.45, 7) is 0.969. The van der Waals surface area contributed by atoms with Gasteiger partial charge in [0.2, 0.25) is 0 Å². The Morgan fingerprint density at radius 3 is 2.20 bits per heavy atom. The standard InChI is InChI=1S/C32H27N3O5S/c1-41(36,37)29-15-7-24(8-16-29)30-17-9-25-21-28(39-22-23-5-3-2-4-6-23)14-18-31(25)32(30)40-27-12-10-26(11-13-27)38-20-19-34-35-33/h2-18,21H,19-20,22H2,1H3. The number of benzene rings is 5. The van der Waals surface area contributed by atoms with Gasteiger partial charge in [-0.25, -0.2) is 8.42 Å². The van der Waals surface area contributed by atoms with Crippen LogP contribution in [0.15, 0.2) is 119 Å². The van der Waals surface area contributed by atoms with Crippen LogP contribution in [-0.4, -0.2) is 27.8 Å². The van der Waals surface area contributed by atoms with Crippen molar-refractivity contribution in [1.29, 1.82) is 0 Å². The maximum absolute atomic E-state index is 12.0. The van der Waals surface area contributed by atoms with Crippen molar-refractivity contribution in [2.45, 2.75) is 11.5 Å². The molecule has 0 aliphatic carbocycles. The highest BCUT2D eigenvalue weighted by atomic mass is 32.2. The fourth-order valence-corrected chi connectivity index (χ4v) is 4.93. The Bertz CT molecular complexity index is 1800. The number of azide groups is 1. The molecule has 0 saturated carbocycles. The fraction of sp³-hybridized carbons (Fsp3) is 0.125. The van der Waals surface area contributed by atoms with Crippen LogP contribution >= 0.6 is 0 Å². The van der Waals surface area contributed by atoms with Crippen molar-refractivity contribution in [1.82, 2.24) is 0 Å². The minimum absolute atomic E-state index is 0.239. The molecule has 5 aromatic carbocycles. The summed E-state index contributed by atoms with van der Waals surface area (Å²) >= 11 is 0. The number of hydrogen-bond acceptors (Lipinski definition) is 6. The zero-order chi connectivity index (χ0) is 28.7. The average molecular weight is 566 g/mol. The van der Waals surface area contributed by atoms with Gasteiger partial charge in [0, 0.05) is 22.1 Å². The molecule has 0 aromatic heterocycles. The average Bonchev–Trinajstić information content (AvgIpc) is 2.99. The van der Waals surface area contributed by atoms with Gasteiger partial charge in [0.15, 0.2) is 9.84 Å². The first-order valence-corrected chi connectivity index (χ1v) is 14.8. The molecule has 41 heavy (non-hydrogen) atoms. The molecule has 0 saturated heterocycles. The number of sulfone groups is 1. The summed E-state index contributed by atoms with van der Waals surface area (Å²) in [7, 11) is -3.32. The van der Waals surface area contributed by atoms with Crippen molar-refractivity contribution < 1.29 is 22.6 Å². The maximum atomic E-state index is 12.0. The summed E-state index contributed by atoms with van der Waals surface area (Å²) in [5, 5.41) is 5.27. The van der Waals surface area contributed by atoms with Crippen LogP contribution < -0.4 is 14.2 Å². The minimum Gasteiger partial charge on any atom is -0.493 e.